The van der Waals surface area contributed by atoms with Crippen molar-refractivity contribution in [1.82, 2.24) is 0 Å². The first-order chi connectivity index (χ1) is 2.27. The third-order valence-electron chi connectivity index (χ3n) is 0.175. The van der Waals surface area contributed by atoms with Gasteiger partial charge in [-0.15, -0.1) is 0 Å². The van der Waals surface area contributed by atoms with E-state index in [0.29, 0.717) is 0 Å². The number of carboxylic acids is 1. The fraction of sp³-hybridized carbons (Fsp3) is 0.500. The van der Waals surface area contributed by atoms with Crippen molar-refractivity contribution in [3.8, 4) is 0 Å². The van der Waals surface area contributed by atoms with Gasteiger partial charge in [-0.25, -0.2) is 0 Å². The molecule has 0 unspecified atom stereocenters. The van der Waals surface area contributed by atoms with Crippen LogP contribution >= 0.6 is 0 Å². The predicted octanol–water partition coefficient (Wildman–Crippen LogP) is -4.14. The summed E-state index contributed by atoms with van der Waals surface area (Å²) in [4.78, 5) is 9.24. The summed E-state index contributed by atoms with van der Waals surface area (Å²) in [5.41, 5.74) is 4.57. The fourth-order valence-corrected chi connectivity index (χ4v) is 0. The molecule has 7 heavy (non-hydrogen) atoms. The molecule has 38 valence electrons. The van der Waals surface area contributed by atoms with Gasteiger partial charge in [-0.3, -0.25) is 4.79 Å². The summed E-state index contributed by atoms with van der Waals surface area (Å²) in [5, 5.41) is 7.60. The summed E-state index contributed by atoms with van der Waals surface area (Å²) >= 11 is 0. The Morgan fingerprint density at radius 3 is 1.86 bits per heavy atom. The van der Waals surface area contributed by atoms with Crippen LogP contribution in [0.25, 0.3) is 0 Å². The Morgan fingerprint density at radius 2 is 1.86 bits per heavy atom. The zero-order valence-corrected chi connectivity index (χ0v) is 6.09. The number of hydrogen-bond donors (Lipinski definition) is 2. The molecule has 0 bridgehead atoms. The number of carbonyl (C=O) groups is 1. The first-order valence-corrected chi connectivity index (χ1v) is 1.19. The van der Waals surface area contributed by atoms with Gasteiger partial charge in [-0.1, -0.05) is 0 Å². The quantitative estimate of drug-likeness (QED) is 0.339. The Bertz CT molecular complexity index is 48.2. The summed E-state index contributed by atoms with van der Waals surface area (Å²) < 4.78 is 0. The van der Waals surface area contributed by atoms with E-state index in [1.165, 1.54) is 0 Å². The van der Waals surface area contributed by atoms with Crippen LogP contribution in [0, 0.1) is 0 Å². The molecule has 0 aromatic carbocycles. The normalized spacial score (nSPS) is 5.29. The van der Waals surface area contributed by atoms with Crippen molar-refractivity contribution in [3.63, 3.8) is 0 Å². The van der Waals surface area contributed by atoms with Gasteiger partial charge in [0.1, 0.15) is 0 Å². The molecule has 0 aromatic heterocycles. The molecule has 0 fully saturated rings. The van der Waals surface area contributed by atoms with E-state index < -0.39 is 5.97 Å². The first kappa shape index (κ1) is 15.7. The molecule has 0 radical (unpaired) electrons. The van der Waals surface area contributed by atoms with E-state index in [4.69, 9.17) is 5.11 Å². The maximum Gasteiger partial charge on any atom is 1.00 e. The summed E-state index contributed by atoms with van der Waals surface area (Å²) in [6.45, 7) is -0.278. The van der Waals surface area contributed by atoms with E-state index in [1.807, 2.05) is 0 Å². The van der Waals surface area contributed by atoms with Crippen molar-refractivity contribution in [1.29, 1.82) is 0 Å². The van der Waals surface area contributed by atoms with Gasteiger partial charge in [0.25, 0.3) is 0 Å². The largest absolute Gasteiger partial charge is 1.00 e. The van der Waals surface area contributed by atoms with Gasteiger partial charge in [0.2, 0.25) is 0 Å². The minimum absolute atomic E-state index is 0. The van der Waals surface area contributed by atoms with Crippen molar-refractivity contribution in [2.24, 2.45) is 5.73 Å². The van der Waals surface area contributed by atoms with Crippen molar-refractivity contribution in [2.75, 3.05) is 6.54 Å². The second-order valence-corrected chi connectivity index (χ2v) is 0.598. The maximum absolute atomic E-state index is 9.24. The zero-order valence-electron chi connectivity index (χ0n) is 4.09. The van der Waals surface area contributed by atoms with Gasteiger partial charge in [0, 0.05) is 0 Å². The molecule has 5 heteroatoms. The third-order valence-corrected chi connectivity index (χ3v) is 0.175. The Balaban J connectivity index is -0.0000000800. The van der Waals surface area contributed by atoms with Crippen LogP contribution in [0.5, 0.6) is 0 Å². The minimum atomic E-state index is -0.968. The molecule has 0 aromatic rings. The van der Waals surface area contributed by atoms with Gasteiger partial charge in [0.05, 0.1) is 6.54 Å². The predicted molar refractivity (Wildman–Crippen MR) is 18.6 cm³/mol. The van der Waals surface area contributed by atoms with Crippen LogP contribution in [0.3, 0.4) is 0 Å². The molecule has 0 heterocycles. The topological polar surface area (TPSA) is 93.3 Å². The number of nitrogens with two attached hydrogens (primary N) is 1. The van der Waals surface area contributed by atoms with Crippen LogP contribution in [0.1, 0.15) is 0 Å². The second-order valence-electron chi connectivity index (χ2n) is 0.598. The molecular formula is C2H6NNaO3. The van der Waals surface area contributed by atoms with Crippen molar-refractivity contribution >= 4 is 5.97 Å². The fourth-order valence-electron chi connectivity index (χ4n) is 0. The van der Waals surface area contributed by atoms with Crippen LogP contribution < -0.4 is 35.3 Å². The van der Waals surface area contributed by atoms with Gasteiger partial charge >= 0.3 is 35.5 Å². The van der Waals surface area contributed by atoms with Crippen molar-refractivity contribution < 1.29 is 44.9 Å². The van der Waals surface area contributed by atoms with E-state index in [1.54, 1.807) is 0 Å². The van der Waals surface area contributed by atoms with Crippen LogP contribution in [-0.2, 0) is 4.79 Å². The average molecular weight is 115 g/mol. The molecule has 0 atom stereocenters. The maximum atomic E-state index is 9.24. The summed E-state index contributed by atoms with van der Waals surface area (Å²) in [6, 6.07) is 0. The van der Waals surface area contributed by atoms with Gasteiger partial charge < -0.3 is 16.3 Å². The number of aliphatic carboxylic acids is 1. The van der Waals surface area contributed by atoms with E-state index in [2.05, 4.69) is 5.73 Å². The molecule has 0 amide bonds. The summed E-state index contributed by atoms with van der Waals surface area (Å²) in [6.07, 6.45) is 0. The van der Waals surface area contributed by atoms with Crippen molar-refractivity contribution in [2.45, 2.75) is 0 Å². The van der Waals surface area contributed by atoms with E-state index in [9.17, 15) is 4.79 Å². The van der Waals surface area contributed by atoms with E-state index in [0.717, 1.165) is 0 Å². The number of carboxylic acid groups (broad SMARTS) is 1. The van der Waals surface area contributed by atoms with Crippen LogP contribution in [0.4, 0.5) is 0 Å². The molecule has 0 aliphatic rings. The Morgan fingerprint density at radius 1 is 1.71 bits per heavy atom. The standard InChI is InChI=1S/C2H5NO2.Na.H2O/c3-1-2(4)5;;/h1,3H2,(H,4,5);;1H2/q;+1;/p-1. The third kappa shape index (κ3) is 21.6. The number of rotatable bonds is 1. The smallest absolute Gasteiger partial charge is 0.870 e. The average Bonchev–Trinajstić information content (AvgIpc) is 1.38. The molecule has 0 saturated heterocycles. The minimum Gasteiger partial charge on any atom is -0.870 e. The van der Waals surface area contributed by atoms with Crippen LogP contribution in [-0.4, -0.2) is 23.1 Å². The monoisotopic (exact) mass is 115 g/mol. The van der Waals surface area contributed by atoms with Crippen LogP contribution in [0.2, 0.25) is 0 Å². The summed E-state index contributed by atoms with van der Waals surface area (Å²) in [7, 11) is 0. The SMILES string of the molecule is NCC(=O)O.[Na+].[OH-]. The Kier molecular flexibility index (Phi) is 21.5. The molecule has 0 spiro atoms. The molecule has 4 N–H and O–H groups in total. The molecule has 0 saturated carbocycles. The van der Waals surface area contributed by atoms with Crippen molar-refractivity contribution in [3.05, 3.63) is 0 Å². The Hall–Kier alpha value is 0.390. The van der Waals surface area contributed by atoms with Gasteiger partial charge in [-0.05, 0) is 0 Å². The molecular weight excluding hydrogens is 109 g/mol. The number of hydrogen-bond acceptors (Lipinski definition) is 3. The van der Waals surface area contributed by atoms with Gasteiger partial charge in [-0.2, -0.15) is 0 Å². The van der Waals surface area contributed by atoms with Crippen LogP contribution in [0.15, 0.2) is 0 Å². The zero-order chi connectivity index (χ0) is 4.28. The van der Waals surface area contributed by atoms with E-state index in [-0.39, 0.29) is 41.6 Å². The Labute approximate surface area is 63.3 Å². The van der Waals surface area contributed by atoms with Gasteiger partial charge in [0.15, 0.2) is 0 Å². The van der Waals surface area contributed by atoms with E-state index >= 15 is 0 Å². The molecule has 0 aliphatic carbocycles. The second kappa shape index (κ2) is 9.63. The summed E-state index contributed by atoms with van der Waals surface area (Å²) in [5.74, 6) is -0.968. The molecule has 0 rings (SSSR count). The first-order valence-electron chi connectivity index (χ1n) is 1.19. The molecule has 4 nitrogen and oxygen atoms in total. The molecule has 0 aliphatic heterocycles.